The summed E-state index contributed by atoms with van der Waals surface area (Å²) in [5.74, 6) is 0. The van der Waals surface area contributed by atoms with E-state index in [1.807, 2.05) is 12.1 Å². The van der Waals surface area contributed by atoms with Crippen LogP contribution in [0.4, 0.5) is 0 Å². The number of hydrogen-bond donors (Lipinski definition) is 0. The van der Waals surface area contributed by atoms with Gasteiger partial charge in [-0.3, -0.25) is 4.79 Å². The Labute approximate surface area is 94.9 Å². The summed E-state index contributed by atoms with van der Waals surface area (Å²) < 4.78 is 1.20. The molecule has 1 nitrogen and oxygen atoms in total. The summed E-state index contributed by atoms with van der Waals surface area (Å²) in [6.07, 6.45) is 0.931. The number of fused-ring (bicyclic) bond motifs is 1. The van der Waals surface area contributed by atoms with Crippen LogP contribution in [0.5, 0.6) is 0 Å². The highest BCUT2D eigenvalue weighted by molar-refractivity contribution is 9.08. The molecule has 0 bridgehead atoms. The van der Waals surface area contributed by atoms with Crippen LogP contribution in [0.1, 0.15) is 20.8 Å². The largest absolute Gasteiger partial charge is 0.298 e. The lowest BCUT2D eigenvalue weighted by molar-refractivity contribution is 0.112. The fourth-order valence-corrected chi connectivity index (χ4v) is 3.62. The van der Waals surface area contributed by atoms with E-state index in [1.165, 1.54) is 15.1 Å². The van der Waals surface area contributed by atoms with Crippen LogP contribution in [0, 0.1) is 6.92 Å². The van der Waals surface area contributed by atoms with Crippen molar-refractivity contribution in [1.29, 1.82) is 0 Å². The molecule has 0 radical (unpaired) electrons. The smallest absolute Gasteiger partial charge is 0.150 e. The molecule has 0 atom stereocenters. The fourth-order valence-electron chi connectivity index (χ4n) is 1.62. The van der Waals surface area contributed by atoms with Gasteiger partial charge in [-0.05, 0) is 18.6 Å². The van der Waals surface area contributed by atoms with Crippen LogP contribution < -0.4 is 0 Å². The van der Waals surface area contributed by atoms with E-state index in [2.05, 4.69) is 28.9 Å². The summed E-state index contributed by atoms with van der Waals surface area (Å²) >= 11 is 5.21. The third kappa shape index (κ3) is 1.41. The normalized spacial score (nSPS) is 10.7. The standard InChI is InChI=1S/C11H9BrOS/c1-7-9(5-12)11-8(6-13)3-2-4-10(11)14-7/h2-4,6H,5H2,1H3. The summed E-state index contributed by atoms with van der Waals surface area (Å²) in [6, 6.07) is 5.86. The monoisotopic (exact) mass is 268 g/mol. The summed E-state index contributed by atoms with van der Waals surface area (Å²) in [5.41, 5.74) is 2.04. The number of halogens is 1. The fraction of sp³-hybridized carbons (Fsp3) is 0.182. The predicted molar refractivity (Wildman–Crippen MR) is 64.6 cm³/mol. The minimum absolute atomic E-state index is 0.793. The summed E-state index contributed by atoms with van der Waals surface area (Å²) in [6.45, 7) is 2.09. The van der Waals surface area contributed by atoms with Gasteiger partial charge in [0.25, 0.3) is 0 Å². The highest BCUT2D eigenvalue weighted by Gasteiger charge is 2.10. The Bertz CT molecular complexity index is 487. The van der Waals surface area contributed by atoms with Gasteiger partial charge in [-0.15, -0.1) is 11.3 Å². The van der Waals surface area contributed by atoms with Gasteiger partial charge in [0.2, 0.25) is 0 Å². The number of rotatable bonds is 2. The second kappa shape index (κ2) is 3.83. The van der Waals surface area contributed by atoms with Crippen molar-refractivity contribution in [3.05, 3.63) is 34.2 Å². The molecule has 1 heterocycles. The molecule has 2 aromatic rings. The van der Waals surface area contributed by atoms with E-state index in [4.69, 9.17) is 0 Å². The Balaban J connectivity index is 2.89. The Morgan fingerprint density at radius 1 is 1.50 bits per heavy atom. The van der Waals surface area contributed by atoms with Crippen molar-refractivity contribution in [2.45, 2.75) is 12.3 Å². The third-order valence-corrected chi connectivity index (χ3v) is 3.98. The molecule has 1 aromatic carbocycles. The van der Waals surface area contributed by atoms with Crippen molar-refractivity contribution >= 4 is 43.6 Å². The van der Waals surface area contributed by atoms with Crippen molar-refractivity contribution < 1.29 is 4.79 Å². The van der Waals surface area contributed by atoms with Crippen LogP contribution in [-0.2, 0) is 5.33 Å². The molecule has 0 saturated carbocycles. The van der Waals surface area contributed by atoms with Crippen molar-refractivity contribution in [3.8, 4) is 0 Å². The number of aldehydes is 1. The molecular formula is C11H9BrOS. The molecule has 0 spiro atoms. The molecule has 0 aliphatic carbocycles. The molecule has 0 unspecified atom stereocenters. The van der Waals surface area contributed by atoms with Gasteiger partial charge in [-0.25, -0.2) is 0 Å². The van der Waals surface area contributed by atoms with E-state index in [-0.39, 0.29) is 0 Å². The molecule has 0 saturated heterocycles. The maximum Gasteiger partial charge on any atom is 0.150 e. The van der Waals surface area contributed by atoms with Crippen molar-refractivity contribution in [2.24, 2.45) is 0 Å². The van der Waals surface area contributed by atoms with E-state index < -0.39 is 0 Å². The highest BCUT2D eigenvalue weighted by Crippen LogP contribution is 2.33. The van der Waals surface area contributed by atoms with Crippen molar-refractivity contribution in [1.82, 2.24) is 0 Å². The zero-order chi connectivity index (χ0) is 10.1. The molecule has 1 aromatic heterocycles. The van der Waals surface area contributed by atoms with Crippen molar-refractivity contribution in [3.63, 3.8) is 0 Å². The summed E-state index contributed by atoms with van der Waals surface area (Å²) in [5, 5.41) is 1.92. The maximum absolute atomic E-state index is 10.9. The van der Waals surface area contributed by atoms with Gasteiger partial charge in [-0.2, -0.15) is 0 Å². The second-order valence-electron chi connectivity index (χ2n) is 3.11. The molecule has 14 heavy (non-hydrogen) atoms. The van der Waals surface area contributed by atoms with Gasteiger partial charge in [0.15, 0.2) is 6.29 Å². The number of hydrogen-bond acceptors (Lipinski definition) is 2. The Kier molecular flexibility index (Phi) is 2.70. The lowest BCUT2D eigenvalue weighted by atomic mass is 10.1. The molecular weight excluding hydrogens is 260 g/mol. The first kappa shape index (κ1) is 9.87. The van der Waals surface area contributed by atoms with Crippen LogP contribution in [0.3, 0.4) is 0 Å². The molecule has 2 rings (SSSR count). The third-order valence-electron chi connectivity index (χ3n) is 2.31. The van der Waals surface area contributed by atoms with E-state index in [9.17, 15) is 4.79 Å². The van der Waals surface area contributed by atoms with Gasteiger partial charge >= 0.3 is 0 Å². The second-order valence-corrected chi connectivity index (χ2v) is 4.93. The average Bonchev–Trinajstić information content (AvgIpc) is 2.52. The first-order valence-electron chi connectivity index (χ1n) is 4.30. The number of aryl methyl sites for hydroxylation is 1. The first-order chi connectivity index (χ1) is 6.77. The lowest BCUT2D eigenvalue weighted by Crippen LogP contribution is -1.84. The minimum Gasteiger partial charge on any atom is -0.298 e. The molecule has 3 heteroatoms. The average molecular weight is 269 g/mol. The number of thiophene rings is 1. The minimum atomic E-state index is 0.793. The summed E-state index contributed by atoms with van der Waals surface area (Å²) in [7, 11) is 0. The van der Waals surface area contributed by atoms with Crippen LogP contribution in [-0.4, -0.2) is 6.29 Å². The number of carbonyl (C=O) groups is 1. The topological polar surface area (TPSA) is 17.1 Å². The molecule has 0 N–H and O–H groups in total. The van der Waals surface area contributed by atoms with E-state index in [1.54, 1.807) is 11.3 Å². The van der Waals surface area contributed by atoms with E-state index in [0.717, 1.165) is 22.6 Å². The van der Waals surface area contributed by atoms with Gasteiger partial charge in [0.1, 0.15) is 0 Å². The molecule has 0 fully saturated rings. The Hall–Kier alpha value is -0.670. The maximum atomic E-state index is 10.9. The predicted octanol–water partition coefficient (Wildman–Crippen LogP) is 3.92. The zero-order valence-electron chi connectivity index (χ0n) is 7.71. The quantitative estimate of drug-likeness (QED) is 0.596. The van der Waals surface area contributed by atoms with Gasteiger partial charge in [0, 0.05) is 25.9 Å². The molecule has 0 amide bonds. The summed E-state index contributed by atoms with van der Waals surface area (Å²) in [4.78, 5) is 12.2. The SMILES string of the molecule is Cc1sc2cccc(C=O)c2c1CBr. The molecule has 72 valence electrons. The first-order valence-corrected chi connectivity index (χ1v) is 6.24. The van der Waals surface area contributed by atoms with Crippen LogP contribution in [0.2, 0.25) is 0 Å². The molecule has 0 aliphatic heterocycles. The number of benzene rings is 1. The Morgan fingerprint density at radius 3 is 2.93 bits per heavy atom. The van der Waals surface area contributed by atoms with Gasteiger partial charge < -0.3 is 0 Å². The Morgan fingerprint density at radius 2 is 2.29 bits per heavy atom. The number of carbonyl (C=O) groups excluding carboxylic acids is 1. The van der Waals surface area contributed by atoms with Crippen LogP contribution >= 0.6 is 27.3 Å². The zero-order valence-corrected chi connectivity index (χ0v) is 10.1. The van der Waals surface area contributed by atoms with Crippen molar-refractivity contribution in [2.75, 3.05) is 0 Å². The molecule has 0 aliphatic rings. The van der Waals surface area contributed by atoms with Gasteiger partial charge in [-0.1, -0.05) is 28.1 Å². The lowest BCUT2D eigenvalue weighted by Gasteiger charge is -1.97. The highest BCUT2D eigenvalue weighted by atomic mass is 79.9. The van der Waals surface area contributed by atoms with E-state index in [0.29, 0.717) is 0 Å². The number of alkyl halides is 1. The van der Waals surface area contributed by atoms with Crippen LogP contribution in [0.25, 0.3) is 10.1 Å². The van der Waals surface area contributed by atoms with Crippen LogP contribution in [0.15, 0.2) is 18.2 Å². The van der Waals surface area contributed by atoms with E-state index >= 15 is 0 Å². The van der Waals surface area contributed by atoms with Gasteiger partial charge in [0.05, 0.1) is 0 Å².